The number of aromatic nitrogens is 2. The van der Waals surface area contributed by atoms with Crippen molar-refractivity contribution in [3.63, 3.8) is 0 Å². The number of ketones is 2. The molecule has 8 heteroatoms. The van der Waals surface area contributed by atoms with Crippen molar-refractivity contribution in [3.8, 4) is 0 Å². The van der Waals surface area contributed by atoms with Crippen molar-refractivity contribution in [1.82, 2.24) is 19.8 Å². The highest BCUT2D eigenvalue weighted by molar-refractivity contribution is 6.00. The molecule has 0 amide bonds. The zero-order valence-electron chi connectivity index (χ0n) is 35.7. The molecule has 5 saturated carbocycles. The number of Topliss-reactive ketones (excluding diaryl/α,β-unsaturated/α-hetero) is 2. The van der Waals surface area contributed by atoms with E-state index in [1.807, 2.05) is 19.3 Å². The van der Waals surface area contributed by atoms with Gasteiger partial charge in [-0.2, -0.15) is 0 Å². The van der Waals surface area contributed by atoms with Crippen LogP contribution < -0.4 is 0 Å². The van der Waals surface area contributed by atoms with Gasteiger partial charge in [-0.15, -0.1) is 0 Å². The van der Waals surface area contributed by atoms with E-state index in [2.05, 4.69) is 75.4 Å². The molecule has 6 aliphatic carbocycles. The summed E-state index contributed by atoms with van der Waals surface area (Å²) in [5.74, 6) is 2.46. The van der Waals surface area contributed by atoms with Crippen molar-refractivity contribution in [2.24, 2.45) is 74.9 Å². The SMILES string of the molecule is CC(C)C1=C2C3CCC4C(C)(CCC5C(C)(C)C(CC(=O)C6CC(C(=O)O)C6C)CCC54C)C3CCC2(CCN(CCN(C)C)Cc2cncnc2)CC1=O. The van der Waals surface area contributed by atoms with Crippen molar-refractivity contribution in [2.45, 2.75) is 132 Å². The Hall–Kier alpha value is -2.45. The van der Waals surface area contributed by atoms with Gasteiger partial charge in [-0.1, -0.05) is 54.0 Å². The molecule has 55 heavy (non-hydrogen) atoms. The molecule has 0 radical (unpaired) electrons. The van der Waals surface area contributed by atoms with E-state index in [-0.39, 0.29) is 45.3 Å². The van der Waals surface area contributed by atoms with Crippen LogP contribution in [0.5, 0.6) is 0 Å². The summed E-state index contributed by atoms with van der Waals surface area (Å²) >= 11 is 0. The molecule has 8 nitrogen and oxygen atoms in total. The van der Waals surface area contributed by atoms with Gasteiger partial charge < -0.3 is 10.0 Å². The second-order valence-corrected chi connectivity index (χ2v) is 21.3. The molecular weight excluding hydrogens is 685 g/mol. The average Bonchev–Trinajstić information content (AvgIpc) is 3.42. The summed E-state index contributed by atoms with van der Waals surface area (Å²) < 4.78 is 0. The number of carboxylic acid groups (broad SMARTS) is 1. The molecule has 1 heterocycles. The van der Waals surface area contributed by atoms with Crippen LogP contribution in [0.3, 0.4) is 0 Å². The molecule has 0 spiro atoms. The second kappa shape index (κ2) is 15.1. The first-order valence-corrected chi connectivity index (χ1v) is 22.1. The Kier molecular flexibility index (Phi) is 11.1. The third-order valence-electron chi connectivity index (χ3n) is 17.7. The van der Waals surface area contributed by atoms with Gasteiger partial charge >= 0.3 is 5.97 Å². The number of allylic oxidation sites excluding steroid dienone is 2. The zero-order valence-corrected chi connectivity index (χ0v) is 35.7. The Morgan fingerprint density at radius 1 is 0.891 bits per heavy atom. The number of carbonyl (C=O) groups excluding carboxylic acids is 2. The summed E-state index contributed by atoms with van der Waals surface area (Å²) in [7, 11) is 4.28. The van der Waals surface area contributed by atoms with Crippen molar-refractivity contribution in [1.29, 1.82) is 0 Å². The fourth-order valence-corrected chi connectivity index (χ4v) is 14.8. The number of carboxylic acids is 1. The van der Waals surface area contributed by atoms with Crippen LogP contribution >= 0.6 is 0 Å². The number of rotatable bonds is 13. The summed E-state index contributed by atoms with van der Waals surface area (Å²) in [6.45, 7) is 20.5. The van der Waals surface area contributed by atoms with Crippen LogP contribution in [-0.2, 0) is 20.9 Å². The summed E-state index contributed by atoms with van der Waals surface area (Å²) in [6.07, 6.45) is 17.9. The van der Waals surface area contributed by atoms with E-state index in [1.54, 1.807) is 11.9 Å². The van der Waals surface area contributed by atoms with Crippen LogP contribution in [-0.4, -0.2) is 76.1 Å². The fraction of sp³-hybridized carbons (Fsp3) is 0.809. The van der Waals surface area contributed by atoms with Gasteiger partial charge in [0.2, 0.25) is 0 Å². The number of hydrogen-bond acceptors (Lipinski definition) is 7. The van der Waals surface area contributed by atoms with Crippen molar-refractivity contribution in [2.75, 3.05) is 33.7 Å². The van der Waals surface area contributed by atoms with Gasteiger partial charge in [0.25, 0.3) is 0 Å². The maximum atomic E-state index is 14.2. The lowest BCUT2D eigenvalue weighted by Gasteiger charge is -2.69. The molecule has 5 fully saturated rings. The van der Waals surface area contributed by atoms with Gasteiger partial charge in [-0.05, 0) is 148 Å². The molecule has 7 rings (SSSR count). The maximum Gasteiger partial charge on any atom is 0.306 e. The second-order valence-electron chi connectivity index (χ2n) is 21.3. The molecular formula is C47H72N4O4. The molecule has 1 aromatic rings. The van der Waals surface area contributed by atoms with E-state index in [1.165, 1.54) is 44.1 Å². The van der Waals surface area contributed by atoms with Gasteiger partial charge in [0, 0.05) is 61.8 Å². The molecule has 11 unspecified atom stereocenters. The number of carbonyl (C=O) groups is 3. The van der Waals surface area contributed by atoms with Gasteiger partial charge in [-0.25, -0.2) is 9.97 Å². The monoisotopic (exact) mass is 757 g/mol. The lowest BCUT2D eigenvalue weighted by atomic mass is 9.35. The van der Waals surface area contributed by atoms with E-state index >= 15 is 0 Å². The first-order valence-electron chi connectivity index (χ1n) is 22.1. The molecule has 11 atom stereocenters. The predicted octanol–water partition coefficient (Wildman–Crippen LogP) is 8.75. The number of fused-ring (bicyclic) bond motifs is 7. The standard InChI is InChI=1S/C47H72N4O4/c1-29(2)41-38(53)24-47(18-19-51(21-20-50(8)9)27-31-25-48-28-49-26-31)17-13-36-33(42(41)47)10-11-40-45(36,6)16-14-39-44(4,5)32(12-15-46(39,40)7)22-37(52)34-23-35(30(34)3)43(54)55/h25-26,28-30,32-36,39-40H,10-24,27H2,1-9H3,(H,54,55). The third kappa shape index (κ3) is 6.99. The van der Waals surface area contributed by atoms with E-state index in [9.17, 15) is 19.5 Å². The Morgan fingerprint density at radius 3 is 2.25 bits per heavy atom. The minimum Gasteiger partial charge on any atom is -0.481 e. The maximum absolute atomic E-state index is 14.2. The number of aliphatic carboxylic acids is 1. The fourth-order valence-electron chi connectivity index (χ4n) is 14.8. The van der Waals surface area contributed by atoms with Crippen LogP contribution in [0.2, 0.25) is 0 Å². The Labute approximate surface area is 332 Å². The molecule has 304 valence electrons. The van der Waals surface area contributed by atoms with E-state index in [0.29, 0.717) is 60.4 Å². The predicted molar refractivity (Wildman–Crippen MR) is 217 cm³/mol. The molecule has 0 aliphatic heterocycles. The van der Waals surface area contributed by atoms with Crippen LogP contribution in [0, 0.1) is 74.9 Å². The molecule has 1 N–H and O–H groups in total. The first-order chi connectivity index (χ1) is 25.9. The highest BCUT2D eigenvalue weighted by atomic mass is 16.4. The average molecular weight is 757 g/mol. The topological polar surface area (TPSA) is 104 Å². The summed E-state index contributed by atoms with van der Waals surface area (Å²) in [5, 5.41) is 9.55. The Morgan fingerprint density at radius 2 is 1.60 bits per heavy atom. The smallest absolute Gasteiger partial charge is 0.306 e. The van der Waals surface area contributed by atoms with Crippen LogP contribution in [0.4, 0.5) is 0 Å². The Balaban J connectivity index is 1.10. The molecule has 0 bridgehead atoms. The van der Waals surface area contributed by atoms with E-state index in [0.717, 1.165) is 51.0 Å². The van der Waals surface area contributed by atoms with Gasteiger partial charge in [0.15, 0.2) is 5.78 Å². The van der Waals surface area contributed by atoms with Crippen molar-refractivity contribution in [3.05, 3.63) is 35.4 Å². The number of hydrogen-bond donors (Lipinski definition) is 1. The largest absolute Gasteiger partial charge is 0.481 e. The van der Waals surface area contributed by atoms with Crippen LogP contribution in [0.15, 0.2) is 29.9 Å². The lowest BCUT2D eigenvalue weighted by Crippen LogP contribution is -2.62. The molecule has 0 saturated heterocycles. The van der Waals surface area contributed by atoms with E-state index < -0.39 is 5.97 Å². The Bertz CT molecular complexity index is 1650. The van der Waals surface area contributed by atoms with Crippen molar-refractivity contribution >= 4 is 17.5 Å². The molecule has 1 aromatic heterocycles. The minimum absolute atomic E-state index is 0.0271. The quantitative estimate of drug-likeness (QED) is 0.213. The van der Waals surface area contributed by atoms with Crippen LogP contribution in [0.25, 0.3) is 0 Å². The molecule has 0 aromatic carbocycles. The molecule has 6 aliphatic rings. The van der Waals surface area contributed by atoms with Gasteiger partial charge in [0.05, 0.1) is 5.92 Å². The highest BCUT2D eigenvalue weighted by Crippen LogP contribution is 2.74. The van der Waals surface area contributed by atoms with Crippen molar-refractivity contribution < 1.29 is 19.5 Å². The minimum atomic E-state index is -0.748. The van der Waals surface area contributed by atoms with Crippen LogP contribution in [0.1, 0.15) is 131 Å². The summed E-state index contributed by atoms with van der Waals surface area (Å²) in [4.78, 5) is 52.9. The first kappa shape index (κ1) is 40.7. The zero-order chi connectivity index (χ0) is 39.7. The van der Waals surface area contributed by atoms with E-state index in [4.69, 9.17) is 0 Å². The number of nitrogens with zero attached hydrogens (tertiary/aromatic N) is 4. The van der Waals surface area contributed by atoms with Gasteiger partial charge in [-0.3, -0.25) is 19.3 Å². The van der Waals surface area contributed by atoms with Gasteiger partial charge in [0.1, 0.15) is 12.1 Å². The highest BCUT2D eigenvalue weighted by Gasteiger charge is 2.66. The third-order valence-corrected chi connectivity index (χ3v) is 17.7. The summed E-state index contributed by atoms with van der Waals surface area (Å²) in [6, 6.07) is 0. The number of likely N-dealkylation sites (N-methyl/N-ethyl adjacent to an activating group) is 1. The summed E-state index contributed by atoms with van der Waals surface area (Å²) in [5.41, 5.74) is 4.45. The normalized spacial score (nSPS) is 39.4. The lowest BCUT2D eigenvalue weighted by molar-refractivity contribution is -0.193.